The number of amides is 1. The molecular weight excluding hydrogens is 324 g/mol. The normalized spacial score (nSPS) is 12.1. The number of carbonyl (C=O) groups excluding carboxylic acids is 2. The molecule has 1 N–H and O–H groups in total. The molecule has 0 saturated carbocycles. The van der Waals surface area contributed by atoms with Crippen molar-refractivity contribution >= 4 is 29.3 Å². The molecule has 2 rings (SSSR count). The number of nitrogens with one attached hydrogen (secondary N) is 1. The van der Waals surface area contributed by atoms with Crippen LogP contribution in [0.15, 0.2) is 42.6 Å². The Kier molecular flexibility index (Phi) is 6.69. The summed E-state index contributed by atoms with van der Waals surface area (Å²) in [5.74, 6) is -0.772. The minimum atomic E-state index is -0.715. The number of thiazole rings is 1. The molecule has 0 aliphatic carbocycles. The number of esters is 1. The summed E-state index contributed by atoms with van der Waals surface area (Å²) in [7, 11) is 0. The average Bonchev–Trinajstić information content (AvgIpc) is 2.99. The maximum atomic E-state index is 12.1. The Bertz CT molecular complexity index is 710. The predicted octanol–water partition coefficient (Wildman–Crippen LogP) is 2.76. The Balaban J connectivity index is 2.02. The van der Waals surface area contributed by atoms with E-state index in [4.69, 9.17) is 4.74 Å². The molecule has 1 heterocycles. The molecule has 126 valence electrons. The molecule has 0 radical (unpaired) electrons. The van der Waals surface area contributed by atoms with Crippen LogP contribution >= 0.6 is 11.3 Å². The lowest BCUT2D eigenvalue weighted by atomic mass is 10.1. The van der Waals surface area contributed by atoms with E-state index in [1.807, 2.05) is 37.3 Å². The van der Waals surface area contributed by atoms with E-state index in [1.165, 1.54) is 17.4 Å². The Morgan fingerprint density at radius 3 is 2.71 bits per heavy atom. The number of nitrogens with zero attached hydrogens (tertiary/aromatic N) is 1. The van der Waals surface area contributed by atoms with Gasteiger partial charge in [0.2, 0.25) is 5.91 Å². The van der Waals surface area contributed by atoms with Gasteiger partial charge in [-0.1, -0.05) is 30.3 Å². The van der Waals surface area contributed by atoms with Crippen LogP contribution < -0.4 is 5.32 Å². The molecule has 1 amide bonds. The van der Waals surface area contributed by atoms with E-state index in [2.05, 4.69) is 10.3 Å². The number of benzene rings is 1. The summed E-state index contributed by atoms with van der Waals surface area (Å²) in [6.45, 7) is 3.92. The fourth-order valence-electron chi connectivity index (χ4n) is 2.12. The molecule has 0 unspecified atom stereocenters. The second-order valence-corrected chi connectivity index (χ2v) is 6.38. The molecule has 0 spiro atoms. The van der Waals surface area contributed by atoms with Gasteiger partial charge in [-0.15, -0.1) is 11.3 Å². The number of hydrogen-bond donors (Lipinski definition) is 1. The van der Waals surface area contributed by atoms with Gasteiger partial charge in [0, 0.05) is 23.6 Å². The van der Waals surface area contributed by atoms with Gasteiger partial charge in [-0.3, -0.25) is 4.79 Å². The van der Waals surface area contributed by atoms with Crippen molar-refractivity contribution in [1.82, 2.24) is 10.3 Å². The number of carbonyl (C=O) groups is 2. The Morgan fingerprint density at radius 1 is 1.33 bits per heavy atom. The predicted molar refractivity (Wildman–Crippen MR) is 94.6 cm³/mol. The first-order valence-electron chi connectivity index (χ1n) is 7.70. The second kappa shape index (κ2) is 8.98. The molecule has 1 aromatic heterocycles. The highest BCUT2D eigenvalue weighted by Crippen LogP contribution is 2.13. The molecule has 1 aromatic carbocycles. The molecule has 0 fully saturated rings. The molecule has 1 atom stereocenters. The van der Waals surface area contributed by atoms with Crippen LogP contribution in [0.25, 0.3) is 6.08 Å². The lowest BCUT2D eigenvalue weighted by molar-refractivity contribution is -0.146. The fraction of sp³-hybridized carbons (Fsp3) is 0.278. The third kappa shape index (κ3) is 5.62. The van der Waals surface area contributed by atoms with E-state index in [-0.39, 0.29) is 12.5 Å². The van der Waals surface area contributed by atoms with Crippen molar-refractivity contribution in [2.24, 2.45) is 0 Å². The summed E-state index contributed by atoms with van der Waals surface area (Å²) in [5.41, 5.74) is 0.956. The lowest BCUT2D eigenvalue weighted by Gasteiger charge is -2.16. The molecule has 0 aliphatic rings. The summed E-state index contributed by atoms with van der Waals surface area (Å²) >= 11 is 1.50. The zero-order chi connectivity index (χ0) is 17.4. The minimum absolute atomic E-state index is 0.274. The van der Waals surface area contributed by atoms with Crippen molar-refractivity contribution in [2.45, 2.75) is 26.3 Å². The zero-order valence-corrected chi connectivity index (χ0v) is 14.5. The standard InChI is InChI=1S/C18H20N2O3S/c1-3-23-18(22)16(11-14-7-5-4-6-8-14)20-17(21)10-9-15-12-19-13(2)24-15/h4-10,12,16H,3,11H2,1-2H3,(H,20,21)/b10-9-/t16-/m0/s1. The number of ether oxygens (including phenoxy) is 1. The molecule has 0 bridgehead atoms. The van der Waals surface area contributed by atoms with Crippen LogP contribution in [-0.2, 0) is 20.7 Å². The fourth-order valence-corrected chi connectivity index (χ4v) is 2.81. The minimum Gasteiger partial charge on any atom is -0.464 e. The Labute approximate surface area is 145 Å². The number of aromatic nitrogens is 1. The zero-order valence-electron chi connectivity index (χ0n) is 13.7. The average molecular weight is 344 g/mol. The lowest BCUT2D eigenvalue weighted by Crippen LogP contribution is -2.42. The summed E-state index contributed by atoms with van der Waals surface area (Å²) in [6.07, 6.45) is 5.18. The van der Waals surface area contributed by atoms with Crippen LogP contribution in [0.2, 0.25) is 0 Å². The first-order valence-corrected chi connectivity index (χ1v) is 8.51. The second-order valence-electron chi connectivity index (χ2n) is 5.12. The van der Waals surface area contributed by atoms with Crippen molar-refractivity contribution < 1.29 is 14.3 Å². The molecule has 24 heavy (non-hydrogen) atoms. The van der Waals surface area contributed by atoms with Gasteiger partial charge < -0.3 is 10.1 Å². The molecule has 2 aromatic rings. The van der Waals surface area contributed by atoms with Gasteiger partial charge in [0.25, 0.3) is 0 Å². The maximum Gasteiger partial charge on any atom is 0.328 e. The van der Waals surface area contributed by atoms with Crippen molar-refractivity contribution in [2.75, 3.05) is 6.61 Å². The van der Waals surface area contributed by atoms with Crippen LogP contribution in [0.1, 0.15) is 22.4 Å². The first-order chi connectivity index (χ1) is 11.6. The van der Waals surface area contributed by atoms with Crippen LogP contribution in [0.3, 0.4) is 0 Å². The van der Waals surface area contributed by atoms with Crippen molar-refractivity contribution in [3.8, 4) is 0 Å². The first kappa shape index (κ1) is 17.9. The number of aryl methyl sites for hydroxylation is 1. The summed E-state index contributed by atoms with van der Waals surface area (Å²) in [5, 5.41) is 3.64. The van der Waals surface area contributed by atoms with E-state index >= 15 is 0 Å². The van der Waals surface area contributed by atoms with Crippen LogP contribution in [-0.4, -0.2) is 29.5 Å². The SMILES string of the molecule is CCOC(=O)[C@H](Cc1ccccc1)NC(=O)/C=C\c1cnc(C)s1. The van der Waals surface area contributed by atoms with Crippen LogP contribution in [0.5, 0.6) is 0 Å². The largest absolute Gasteiger partial charge is 0.464 e. The molecule has 5 nitrogen and oxygen atoms in total. The number of rotatable bonds is 7. The third-order valence-corrected chi connectivity index (χ3v) is 4.09. The topological polar surface area (TPSA) is 68.3 Å². The van der Waals surface area contributed by atoms with Gasteiger partial charge in [0.05, 0.1) is 11.6 Å². The highest BCUT2D eigenvalue weighted by molar-refractivity contribution is 7.12. The van der Waals surface area contributed by atoms with E-state index in [0.717, 1.165) is 15.4 Å². The molecular formula is C18H20N2O3S. The summed E-state index contributed by atoms with van der Waals surface area (Å²) in [6, 6.07) is 8.80. The molecule has 6 heteroatoms. The maximum absolute atomic E-state index is 12.1. The van der Waals surface area contributed by atoms with Gasteiger partial charge >= 0.3 is 5.97 Å². The van der Waals surface area contributed by atoms with Gasteiger partial charge in [-0.05, 0) is 25.5 Å². The highest BCUT2D eigenvalue weighted by atomic mass is 32.1. The van der Waals surface area contributed by atoms with Crippen molar-refractivity contribution in [1.29, 1.82) is 0 Å². The number of hydrogen-bond acceptors (Lipinski definition) is 5. The monoisotopic (exact) mass is 344 g/mol. The van der Waals surface area contributed by atoms with Crippen LogP contribution in [0, 0.1) is 6.92 Å². The summed E-state index contributed by atoms with van der Waals surface area (Å²) < 4.78 is 5.06. The van der Waals surface area contributed by atoms with E-state index in [9.17, 15) is 9.59 Å². The van der Waals surface area contributed by atoms with Gasteiger partial charge in [0.15, 0.2) is 0 Å². The van der Waals surface area contributed by atoms with E-state index in [0.29, 0.717) is 6.42 Å². The van der Waals surface area contributed by atoms with Crippen molar-refractivity contribution in [3.05, 3.63) is 58.1 Å². The summed E-state index contributed by atoms with van der Waals surface area (Å²) in [4.78, 5) is 29.2. The van der Waals surface area contributed by atoms with E-state index < -0.39 is 12.0 Å². The Hall–Kier alpha value is -2.47. The van der Waals surface area contributed by atoms with Gasteiger partial charge in [-0.25, -0.2) is 9.78 Å². The van der Waals surface area contributed by atoms with E-state index in [1.54, 1.807) is 19.2 Å². The highest BCUT2D eigenvalue weighted by Gasteiger charge is 2.21. The van der Waals surface area contributed by atoms with Gasteiger partial charge in [-0.2, -0.15) is 0 Å². The smallest absolute Gasteiger partial charge is 0.328 e. The quantitative estimate of drug-likeness (QED) is 0.619. The molecule has 0 saturated heterocycles. The van der Waals surface area contributed by atoms with Crippen molar-refractivity contribution in [3.63, 3.8) is 0 Å². The molecule has 0 aliphatic heterocycles. The third-order valence-electron chi connectivity index (χ3n) is 3.21. The van der Waals surface area contributed by atoms with Crippen LogP contribution in [0.4, 0.5) is 0 Å². The Morgan fingerprint density at radius 2 is 2.08 bits per heavy atom. The van der Waals surface area contributed by atoms with Gasteiger partial charge in [0.1, 0.15) is 6.04 Å².